The van der Waals surface area contributed by atoms with Crippen LogP contribution in [0.2, 0.25) is 0 Å². The van der Waals surface area contributed by atoms with Gasteiger partial charge in [0.1, 0.15) is 0 Å². The fourth-order valence-electron chi connectivity index (χ4n) is 3.47. The van der Waals surface area contributed by atoms with Crippen molar-refractivity contribution < 1.29 is 0 Å². The molecule has 0 aliphatic carbocycles. The summed E-state index contributed by atoms with van der Waals surface area (Å²) in [6.07, 6.45) is 3.49. The largest absolute Gasteiger partial charge is 0.370 e. The number of aryl methyl sites for hydroxylation is 1. The molecule has 2 aromatic carbocycles. The molecule has 1 N–H and O–H groups in total. The molecule has 0 spiro atoms. The van der Waals surface area contributed by atoms with Crippen molar-refractivity contribution in [2.75, 3.05) is 35.6 Å². The van der Waals surface area contributed by atoms with Gasteiger partial charge in [-0.3, -0.25) is 4.99 Å². The van der Waals surface area contributed by atoms with Crippen LogP contribution in [0, 0.1) is 0 Å². The van der Waals surface area contributed by atoms with Crippen LogP contribution in [-0.2, 0) is 12.8 Å². The number of fused-ring (bicyclic) bond motifs is 2. The molecular formula is C20H23N3S. The van der Waals surface area contributed by atoms with E-state index in [-0.39, 0.29) is 0 Å². The number of aliphatic imine (C=N–C) groups is 1. The number of thioether (sulfide) groups is 1. The van der Waals surface area contributed by atoms with E-state index in [9.17, 15) is 0 Å². The van der Waals surface area contributed by atoms with Gasteiger partial charge < -0.3 is 10.2 Å². The second-order valence-electron chi connectivity index (χ2n) is 6.29. The quantitative estimate of drug-likeness (QED) is 0.910. The molecule has 0 amide bonds. The molecule has 2 heterocycles. The molecule has 0 bridgehead atoms. The summed E-state index contributed by atoms with van der Waals surface area (Å²) in [7, 11) is 0. The van der Waals surface area contributed by atoms with Crippen molar-refractivity contribution in [1.29, 1.82) is 0 Å². The Morgan fingerprint density at radius 3 is 2.79 bits per heavy atom. The lowest BCUT2D eigenvalue weighted by Crippen LogP contribution is -2.31. The van der Waals surface area contributed by atoms with Crippen LogP contribution in [0.5, 0.6) is 0 Å². The fourth-order valence-corrected chi connectivity index (χ4v) is 4.34. The highest BCUT2D eigenvalue weighted by atomic mass is 32.2. The maximum Gasteiger partial charge on any atom is 0.161 e. The third kappa shape index (κ3) is 3.44. The Morgan fingerprint density at radius 1 is 1.00 bits per heavy atom. The van der Waals surface area contributed by atoms with Crippen LogP contribution in [0.4, 0.5) is 11.4 Å². The molecule has 124 valence electrons. The summed E-state index contributed by atoms with van der Waals surface area (Å²) in [4.78, 5) is 7.24. The van der Waals surface area contributed by atoms with E-state index in [1.807, 2.05) is 11.8 Å². The lowest BCUT2D eigenvalue weighted by Gasteiger charge is -2.31. The molecular weight excluding hydrogens is 314 g/mol. The third-order valence-electron chi connectivity index (χ3n) is 4.70. The zero-order valence-electron chi connectivity index (χ0n) is 13.9. The van der Waals surface area contributed by atoms with E-state index < -0.39 is 0 Å². The van der Waals surface area contributed by atoms with E-state index >= 15 is 0 Å². The molecule has 24 heavy (non-hydrogen) atoms. The van der Waals surface area contributed by atoms with Gasteiger partial charge in [0.15, 0.2) is 5.17 Å². The Bertz CT molecular complexity index is 741. The van der Waals surface area contributed by atoms with Crippen LogP contribution in [-0.4, -0.2) is 30.6 Å². The molecule has 0 radical (unpaired) electrons. The highest BCUT2D eigenvalue weighted by Gasteiger charge is 2.16. The highest BCUT2D eigenvalue weighted by molar-refractivity contribution is 8.14. The van der Waals surface area contributed by atoms with Gasteiger partial charge >= 0.3 is 0 Å². The average molecular weight is 337 g/mol. The second kappa shape index (κ2) is 7.31. The highest BCUT2D eigenvalue weighted by Crippen LogP contribution is 2.27. The van der Waals surface area contributed by atoms with E-state index in [4.69, 9.17) is 4.99 Å². The van der Waals surface area contributed by atoms with Crippen LogP contribution >= 0.6 is 11.8 Å². The van der Waals surface area contributed by atoms with Crippen molar-refractivity contribution in [3.05, 3.63) is 59.7 Å². The maximum atomic E-state index is 4.71. The molecule has 4 rings (SSSR count). The van der Waals surface area contributed by atoms with Crippen LogP contribution in [0.25, 0.3) is 0 Å². The van der Waals surface area contributed by atoms with Crippen molar-refractivity contribution in [3.63, 3.8) is 0 Å². The lowest BCUT2D eigenvalue weighted by atomic mass is 10.0. The molecule has 0 saturated carbocycles. The number of amidine groups is 1. The van der Waals surface area contributed by atoms with Crippen molar-refractivity contribution in [2.24, 2.45) is 4.99 Å². The van der Waals surface area contributed by atoms with Crippen LogP contribution < -0.4 is 10.2 Å². The molecule has 0 fully saturated rings. The number of hydrogen-bond donors (Lipinski definition) is 1. The lowest BCUT2D eigenvalue weighted by molar-refractivity contribution is 0.710. The molecule has 4 heteroatoms. The normalized spacial score (nSPS) is 16.5. The van der Waals surface area contributed by atoms with Gasteiger partial charge in [0.25, 0.3) is 0 Å². The molecule has 0 atom stereocenters. The second-order valence-corrected chi connectivity index (χ2v) is 7.37. The Hall–Kier alpha value is -1.94. The minimum atomic E-state index is 0.874. The standard InChI is InChI=1S/C20H23N3S/c1-3-9-18-16(6-1)11-12-21-20(22-18)24-15-14-23-13-5-8-17-7-2-4-10-19(17)23/h1-4,6-7,9-10H,5,8,11-15H2,(H,21,22). The molecule has 3 nitrogen and oxygen atoms in total. The summed E-state index contributed by atoms with van der Waals surface area (Å²) in [5.41, 5.74) is 5.49. The first-order chi connectivity index (χ1) is 11.9. The minimum absolute atomic E-state index is 0.874. The predicted molar refractivity (Wildman–Crippen MR) is 106 cm³/mol. The summed E-state index contributed by atoms with van der Waals surface area (Å²) in [6, 6.07) is 17.4. The smallest absolute Gasteiger partial charge is 0.161 e. The zero-order chi connectivity index (χ0) is 16.2. The summed E-state index contributed by atoms with van der Waals surface area (Å²) < 4.78 is 0. The van der Waals surface area contributed by atoms with E-state index in [0.717, 1.165) is 30.4 Å². The molecule has 0 unspecified atom stereocenters. The van der Waals surface area contributed by atoms with Crippen molar-refractivity contribution in [1.82, 2.24) is 0 Å². The number of rotatable bonds is 3. The van der Waals surface area contributed by atoms with Gasteiger partial charge in [-0.15, -0.1) is 0 Å². The Kier molecular flexibility index (Phi) is 4.74. The van der Waals surface area contributed by atoms with Crippen LogP contribution in [0.1, 0.15) is 17.5 Å². The minimum Gasteiger partial charge on any atom is -0.370 e. The van der Waals surface area contributed by atoms with Gasteiger partial charge in [-0.2, -0.15) is 0 Å². The number of nitrogens with zero attached hydrogens (tertiary/aromatic N) is 2. The van der Waals surface area contributed by atoms with Crippen molar-refractivity contribution in [3.8, 4) is 0 Å². The van der Waals surface area contributed by atoms with Gasteiger partial charge in [-0.1, -0.05) is 48.2 Å². The summed E-state index contributed by atoms with van der Waals surface area (Å²) in [5, 5.41) is 4.57. The molecule has 0 aromatic heterocycles. The summed E-state index contributed by atoms with van der Waals surface area (Å²) in [5.74, 6) is 1.06. The monoisotopic (exact) mass is 337 g/mol. The molecule has 2 aliphatic rings. The third-order valence-corrected chi connectivity index (χ3v) is 5.59. The Morgan fingerprint density at radius 2 is 1.83 bits per heavy atom. The van der Waals surface area contributed by atoms with Crippen molar-refractivity contribution in [2.45, 2.75) is 19.3 Å². The summed E-state index contributed by atoms with van der Waals surface area (Å²) >= 11 is 1.84. The van der Waals surface area contributed by atoms with E-state index in [2.05, 4.69) is 58.7 Å². The molecule has 2 aromatic rings. The van der Waals surface area contributed by atoms with E-state index in [1.54, 1.807) is 0 Å². The van der Waals surface area contributed by atoms with Gasteiger partial charge in [-0.25, -0.2) is 0 Å². The van der Waals surface area contributed by atoms with E-state index in [0.29, 0.717) is 0 Å². The van der Waals surface area contributed by atoms with E-state index in [1.165, 1.54) is 41.9 Å². The fraction of sp³-hybridized carbons (Fsp3) is 0.350. The SMILES string of the molecule is c1ccc2c(c1)CCN=C(SCCN1CCCc3ccccc31)N2. The predicted octanol–water partition coefficient (Wildman–Crippen LogP) is 4.20. The van der Waals surface area contributed by atoms with Gasteiger partial charge in [0.2, 0.25) is 0 Å². The van der Waals surface area contributed by atoms with Crippen LogP contribution in [0.3, 0.4) is 0 Å². The number of hydrogen-bond acceptors (Lipinski definition) is 4. The van der Waals surface area contributed by atoms with Gasteiger partial charge in [0.05, 0.1) is 0 Å². The van der Waals surface area contributed by atoms with Crippen molar-refractivity contribution >= 4 is 28.3 Å². The number of para-hydroxylation sites is 2. The molecule has 0 saturated heterocycles. The summed E-state index contributed by atoms with van der Waals surface area (Å²) in [6.45, 7) is 3.11. The Balaban J connectivity index is 1.36. The maximum absolute atomic E-state index is 4.71. The average Bonchev–Trinajstić information content (AvgIpc) is 2.84. The first-order valence-corrected chi connectivity index (χ1v) is 9.74. The first-order valence-electron chi connectivity index (χ1n) is 8.75. The first kappa shape index (κ1) is 15.6. The van der Waals surface area contributed by atoms with Gasteiger partial charge in [-0.05, 0) is 42.5 Å². The number of anilines is 2. The number of benzene rings is 2. The van der Waals surface area contributed by atoms with Gasteiger partial charge in [0, 0.05) is 36.8 Å². The Labute approximate surface area is 148 Å². The zero-order valence-corrected chi connectivity index (χ0v) is 14.7. The number of nitrogens with one attached hydrogen (secondary N) is 1. The molecule has 2 aliphatic heterocycles. The van der Waals surface area contributed by atoms with Crippen LogP contribution in [0.15, 0.2) is 53.5 Å². The topological polar surface area (TPSA) is 27.6 Å².